The molecule has 0 bridgehead atoms. The highest BCUT2D eigenvalue weighted by atomic mass is 31.1. The molecule has 4 unspecified atom stereocenters. The van der Waals surface area contributed by atoms with Crippen molar-refractivity contribution in [3.63, 3.8) is 0 Å². The summed E-state index contributed by atoms with van der Waals surface area (Å²) in [5, 5.41) is 2.94. The van der Waals surface area contributed by atoms with E-state index in [1.54, 1.807) is 18.2 Å². The molecule has 10 heteroatoms. The second-order valence-electron chi connectivity index (χ2n) is 16.7. The molecule has 326 valence electrons. The Balaban J connectivity index is 0.000000485. The molecule has 9 nitrogen and oxygen atoms in total. The summed E-state index contributed by atoms with van der Waals surface area (Å²) in [6.07, 6.45) is 38.4. The molecule has 0 aliphatic carbocycles. The van der Waals surface area contributed by atoms with Crippen LogP contribution >= 0.6 is 8.69 Å². The molecule has 3 saturated heterocycles. The van der Waals surface area contributed by atoms with Crippen LogP contribution in [0.4, 0.5) is 5.69 Å². The van der Waals surface area contributed by atoms with Gasteiger partial charge in [0, 0.05) is 12.1 Å². The highest BCUT2D eigenvalue weighted by molar-refractivity contribution is 7.17. The first-order chi connectivity index (χ1) is 28.1. The van der Waals surface area contributed by atoms with E-state index in [2.05, 4.69) is 12.2 Å². The average molecular weight is 818 g/mol. The summed E-state index contributed by atoms with van der Waals surface area (Å²) in [5.41, 5.74) is 1.14. The van der Waals surface area contributed by atoms with Gasteiger partial charge in [-0.3, -0.25) is 9.32 Å². The van der Waals surface area contributed by atoms with Crippen LogP contribution in [0.15, 0.2) is 24.3 Å². The maximum absolute atomic E-state index is 12.4. The highest BCUT2D eigenvalue weighted by Gasteiger charge is 2.36. The topological polar surface area (TPSA) is 119 Å². The van der Waals surface area contributed by atoms with Crippen molar-refractivity contribution < 1.29 is 37.6 Å². The second-order valence-corrected chi connectivity index (χ2v) is 17.1. The van der Waals surface area contributed by atoms with Crippen LogP contribution in [0, 0.1) is 0 Å². The summed E-state index contributed by atoms with van der Waals surface area (Å²) in [7, 11) is -0.183. The SMILES string of the molecule is CCCCCCCCC1OC1CCCCCCCC(=O)Nc1cccc(C(=O)OCCCCCCCCCC2CO2)c1.O=POCCCCCCCCCC1CO1. The number of hydrogen-bond acceptors (Lipinski definition) is 8. The Labute approximate surface area is 348 Å². The standard InChI is InChI=1S/C36H59NO5.C11H21O3P/c1-2-3-4-5-11-16-24-33-34(42-33)25-17-12-9-13-18-26-35(38)37-31-22-20-21-30(28-31)36(39)40-27-19-14-8-6-7-10-15-23-32-29-41-32;12-15-14-9-7-5-3-1-2-4-6-8-11-10-13-11/h20-22,28,32-34H,2-19,23-27,29H2,1H3,(H,37,38);11H,1-10H2. The van der Waals surface area contributed by atoms with Crippen molar-refractivity contribution in [3.8, 4) is 0 Å². The fourth-order valence-corrected chi connectivity index (χ4v) is 7.66. The van der Waals surface area contributed by atoms with E-state index in [0.717, 1.165) is 45.3 Å². The third-order valence-corrected chi connectivity index (χ3v) is 11.6. The van der Waals surface area contributed by atoms with Crippen molar-refractivity contribution in [3.05, 3.63) is 29.8 Å². The van der Waals surface area contributed by atoms with Crippen LogP contribution in [-0.4, -0.2) is 62.7 Å². The van der Waals surface area contributed by atoms with E-state index in [4.69, 9.17) is 23.5 Å². The number of amides is 1. The van der Waals surface area contributed by atoms with Gasteiger partial charge in [-0.1, -0.05) is 154 Å². The summed E-state index contributed by atoms with van der Waals surface area (Å²) in [5.74, 6) is -0.316. The van der Waals surface area contributed by atoms with Crippen LogP contribution in [0.25, 0.3) is 0 Å². The monoisotopic (exact) mass is 818 g/mol. The second kappa shape index (κ2) is 33.9. The van der Waals surface area contributed by atoms with Crippen molar-refractivity contribution in [2.24, 2.45) is 0 Å². The number of anilines is 1. The third kappa shape index (κ3) is 29.0. The molecular formula is C47H80NO8P. The van der Waals surface area contributed by atoms with Crippen molar-refractivity contribution in [2.75, 3.05) is 31.7 Å². The maximum atomic E-state index is 12.4. The van der Waals surface area contributed by atoms with Gasteiger partial charge in [0.05, 0.1) is 56.4 Å². The van der Waals surface area contributed by atoms with Gasteiger partial charge in [-0.25, -0.2) is 9.36 Å². The molecule has 0 spiro atoms. The minimum absolute atomic E-state index is 0.00491. The molecule has 57 heavy (non-hydrogen) atoms. The molecule has 3 aliphatic rings. The predicted octanol–water partition coefficient (Wildman–Crippen LogP) is 13.3. The molecule has 3 fully saturated rings. The number of esters is 1. The first-order valence-corrected chi connectivity index (χ1v) is 24.2. The van der Waals surface area contributed by atoms with Crippen LogP contribution in [-0.2, 0) is 32.8 Å². The molecular weight excluding hydrogens is 737 g/mol. The van der Waals surface area contributed by atoms with Crippen molar-refractivity contribution >= 4 is 26.3 Å². The molecule has 1 aromatic rings. The Morgan fingerprint density at radius 1 is 0.632 bits per heavy atom. The third-order valence-electron chi connectivity index (χ3n) is 11.3. The predicted molar refractivity (Wildman–Crippen MR) is 231 cm³/mol. The molecule has 0 radical (unpaired) electrons. The molecule has 1 amide bonds. The fraction of sp³-hybridized carbons (Fsp3) is 0.830. The largest absolute Gasteiger partial charge is 0.462 e. The number of nitrogens with one attached hydrogen (secondary N) is 1. The Morgan fingerprint density at radius 2 is 1.11 bits per heavy atom. The number of epoxide rings is 3. The molecule has 0 aromatic heterocycles. The lowest BCUT2D eigenvalue weighted by molar-refractivity contribution is -0.116. The lowest BCUT2D eigenvalue weighted by Crippen LogP contribution is -2.12. The maximum Gasteiger partial charge on any atom is 0.338 e. The number of carbonyl (C=O) groups is 2. The first-order valence-electron chi connectivity index (χ1n) is 23.5. The summed E-state index contributed by atoms with van der Waals surface area (Å²) in [6.45, 7) is 5.31. The summed E-state index contributed by atoms with van der Waals surface area (Å²) < 4.78 is 36.4. The van der Waals surface area contributed by atoms with Gasteiger partial charge in [0.25, 0.3) is 0 Å². The van der Waals surface area contributed by atoms with Gasteiger partial charge < -0.3 is 24.3 Å². The van der Waals surface area contributed by atoms with Gasteiger partial charge >= 0.3 is 14.7 Å². The zero-order chi connectivity index (χ0) is 40.4. The minimum atomic E-state index is -0.321. The first kappa shape index (κ1) is 49.5. The van der Waals surface area contributed by atoms with Gasteiger partial charge in [-0.2, -0.15) is 0 Å². The van der Waals surface area contributed by atoms with Crippen LogP contribution in [0.2, 0.25) is 0 Å². The zero-order valence-electron chi connectivity index (χ0n) is 35.9. The molecule has 1 N–H and O–H groups in total. The van der Waals surface area contributed by atoms with Gasteiger partial charge in [0.2, 0.25) is 5.91 Å². The van der Waals surface area contributed by atoms with Crippen LogP contribution in [0.5, 0.6) is 0 Å². The number of unbranched alkanes of at least 4 members (excludes halogenated alkanes) is 21. The van der Waals surface area contributed by atoms with E-state index in [1.807, 2.05) is 6.07 Å². The lowest BCUT2D eigenvalue weighted by Gasteiger charge is -2.08. The van der Waals surface area contributed by atoms with Gasteiger partial charge in [-0.05, 0) is 63.1 Å². The Bertz CT molecular complexity index is 1160. The van der Waals surface area contributed by atoms with Gasteiger partial charge in [0.15, 0.2) is 0 Å². The summed E-state index contributed by atoms with van der Waals surface area (Å²) in [6, 6.07) is 7.08. The van der Waals surface area contributed by atoms with Crippen LogP contribution in [0.1, 0.15) is 210 Å². The number of rotatable bonds is 38. The average Bonchev–Trinajstić information content (AvgIpc) is 4.09. The molecule has 3 heterocycles. The normalized spacial score (nSPS) is 19.2. The number of ether oxygens (including phenoxy) is 4. The van der Waals surface area contributed by atoms with Crippen molar-refractivity contribution in [1.82, 2.24) is 0 Å². The van der Waals surface area contributed by atoms with Crippen LogP contribution < -0.4 is 5.32 Å². The smallest absolute Gasteiger partial charge is 0.338 e. The minimum Gasteiger partial charge on any atom is -0.462 e. The van der Waals surface area contributed by atoms with E-state index >= 15 is 0 Å². The molecule has 3 aliphatic heterocycles. The van der Waals surface area contributed by atoms with Gasteiger partial charge in [-0.15, -0.1) is 0 Å². The van der Waals surface area contributed by atoms with Crippen molar-refractivity contribution in [2.45, 2.75) is 224 Å². The number of hydrogen-bond donors (Lipinski definition) is 1. The highest BCUT2D eigenvalue weighted by Crippen LogP contribution is 2.32. The van der Waals surface area contributed by atoms with Crippen molar-refractivity contribution in [1.29, 1.82) is 0 Å². The Kier molecular flexibility index (Phi) is 29.4. The van der Waals surface area contributed by atoms with Gasteiger partial charge in [0.1, 0.15) is 0 Å². The quantitative estimate of drug-likeness (QED) is 0.0303. The van der Waals surface area contributed by atoms with E-state index in [1.165, 1.54) is 154 Å². The Hall–Kier alpha value is -1.90. The van der Waals surface area contributed by atoms with E-state index in [9.17, 15) is 14.2 Å². The molecule has 0 saturated carbocycles. The fourth-order valence-electron chi connectivity index (χ4n) is 7.46. The van der Waals surface area contributed by atoms with E-state index in [-0.39, 0.29) is 20.6 Å². The molecule has 4 rings (SSSR count). The number of benzene rings is 1. The van der Waals surface area contributed by atoms with E-state index < -0.39 is 0 Å². The Morgan fingerprint density at radius 3 is 1.63 bits per heavy atom. The molecule has 1 aromatic carbocycles. The molecule has 4 atom stereocenters. The number of carbonyl (C=O) groups excluding carboxylic acids is 2. The van der Waals surface area contributed by atoms with Crippen LogP contribution in [0.3, 0.4) is 0 Å². The zero-order valence-corrected chi connectivity index (χ0v) is 36.8. The lowest BCUT2D eigenvalue weighted by atomic mass is 10.0. The van der Waals surface area contributed by atoms with E-state index in [0.29, 0.717) is 55.3 Å². The summed E-state index contributed by atoms with van der Waals surface area (Å²) in [4.78, 5) is 24.9. The summed E-state index contributed by atoms with van der Waals surface area (Å²) >= 11 is 0.